The van der Waals surface area contributed by atoms with Crippen molar-refractivity contribution in [2.24, 2.45) is 0 Å². The molecule has 0 bridgehead atoms. The predicted molar refractivity (Wildman–Crippen MR) is 114 cm³/mol. The lowest BCUT2D eigenvalue weighted by Crippen LogP contribution is -2.49. The van der Waals surface area contributed by atoms with Crippen LogP contribution in [-0.2, 0) is 21.5 Å². The van der Waals surface area contributed by atoms with Crippen LogP contribution in [0.2, 0.25) is 0 Å². The SMILES string of the molecule is CC(=O)C1(c2ccccc2)CCN(C(=O)Cn2ncn3c(cc4occc43)c2=O)CC1. The van der Waals surface area contributed by atoms with Crippen molar-refractivity contribution in [3.63, 3.8) is 0 Å². The summed E-state index contributed by atoms with van der Waals surface area (Å²) in [4.78, 5) is 40.0. The average Bonchev–Trinajstić information content (AvgIpc) is 3.38. The van der Waals surface area contributed by atoms with Crippen molar-refractivity contribution < 1.29 is 14.0 Å². The molecule has 0 aliphatic carbocycles. The van der Waals surface area contributed by atoms with Crippen LogP contribution in [0.15, 0.2) is 64.3 Å². The van der Waals surface area contributed by atoms with Gasteiger partial charge in [-0.2, -0.15) is 5.10 Å². The number of rotatable bonds is 4. The van der Waals surface area contributed by atoms with Crippen LogP contribution in [0.3, 0.4) is 0 Å². The number of ketones is 1. The van der Waals surface area contributed by atoms with Gasteiger partial charge in [0.05, 0.1) is 17.2 Å². The van der Waals surface area contributed by atoms with Crippen LogP contribution >= 0.6 is 0 Å². The van der Waals surface area contributed by atoms with E-state index in [9.17, 15) is 14.4 Å². The van der Waals surface area contributed by atoms with Crippen molar-refractivity contribution in [2.75, 3.05) is 13.1 Å². The summed E-state index contributed by atoms with van der Waals surface area (Å²) in [5.74, 6) is -0.0638. The molecule has 0 unspecified atom stereocenters. The van der Waals surface area contributed by atoms with E-state index < -0.39 is 5.41 Å². The minimum absolute atomic E-state index is 0.117. The number of amides is 1. The molecule has 1 aromatic carbocycles. The summed E-state index contributed by atoms with van der Waals surface area (Å²) >= 11 is 0. The number of furan rings is 1. The van der Waals surface area contributed by atoms with E-state index in [2.05, 4.69) is 5.10 Å². The molecule has 4 aromatic rings. The van der Waals surface area contributed by atoms with Crippen LogP contribution < -0.4 is 5.56 Å². The highest BCUT2D eigenvalue weighted by Gasteiger charge is 2.41. The Morgan fingerprint density at radius 3 is 2.55 bits per heavy atom. The van der Waals surface area contributed by atoms with Gasteiger partial charge in [-0.15, -0.1) is 0 Å². The van der Waals surface area contributed by atoms with Crippen molar-refractivity contribution in [2.45, 2.75) is 31.7 Å². The first-order valence-electron chi connectivity index (χ1n) is 10.3. The number of hydrogen-bond acceptors (Lipinski definition) is 5. The van der Waals surface area contributed by atoms with E-state index in [0.29, 0.717) is 37.0 Å². The van der Waals surface area contributed by atoms with Gasteiger partial charge in [-0.1, -0.05) is 30.3 Å². The molecule has 0 spiro atoms. The number of carbonyl (C=O) groups excluding carboxylic acids is 2. The van der Waals surface area contributed by atoms with Crippen molar-refractivity contribution in [1.29, 1.82) is 0 Å². The molecule has 0 saturated carbocycles. The van der Waals surface area contributed by atoms with E-state index in [0.717, 1.165) is 11.1 Å². The molecule has 5 rings (SSSR count). The number of piperidine rings is 1. The maximum atomic E-state index is 12.9. The summed E-state index contributed by atoms with van der Waals surface area (Å²) in [6, 6.07) is 13.2. The van der Waals surface area contributed by atoms with Gasteiger partial charge < -0.3 is 9.32 Å². The molecule has 8 heteroatoms. The van der Waals surface area contributed by atoms with Crippen molar-refractivity contribution >= 4 is 28.3 Å². The van der Waals surface area contributed by atoms with Crippen LogP contribution in [0.4, 0.5) is 0 Å². The molecular formula is C23H22N4O4. The highest BCUT2D eigenvalue weighted by molar-refractivity contribution is 5.88. The van der Waals surface area contributed by atoms with Crippen molar-refractivity contribution in [3.05, 3.63) is 71.0 Å². The molecule has 1 fully saturated rings. The number of nitrogens with zero attached hydrogens (tertiary/aromatic N) is 4. The zero-order chi connectivity index (χ0) is 21.6. The Hall–Kier alpha value is -3.68. The van der Waals surface area contributed by atoms with Crippen LogP contribution in [0, 0.1) is 0 Å². The second-order valence-electron chi connectivity index (χ2n) is 8.05. The Bertz CT molecular complexity index is 1340. The highest BCUT2D eigenvalue weighted by Crippen LogP contribution is 2.36. The molecule has 1 amide bonds. The third-order valence-electron chi connectivity index (χ3n) is 6.48. The first-order valence-corrected chi connectivity index (χ1v) is 10.3. The predicted octanol–water partition coefficient (Wildman–Crippen LogP) is 2.39. The molecule has 1 aliphatic heterocycles. The lowest BCUT2D eigenvalue weighted by atomic mass is 9.70. The largest absolute Gasteiger partial charge is 0.463 e. The first-order chi connectivity index (χ1) is 15.0. The maximum absolute atomic E-state index is 12.9. The Labute approximate surface area is 177 Å². The van der Waals surface area contributed by atoms with Crippen LogP contribution in [-0.4, -0.2) is 43.9 Å². The Morgan fingerprint density at radius 2 is 1.84 bits per heavy atom. The summed E-state index contributed by atoms with van der Waals surface area (Å²) in [6.07, 6.45) is 4.20. The van der Waals surface area contributed by atoms with E-state index in [4.69, 9.17) is 4.42 Å². The number of fused-ring (bicyclic) bond motifs is 3. The van der Waals surface area contributed by atoms with Gasteiger partial charge in [0, 0.05) is 25.2 Å². The highest BCUT2D eigenvalue weighted by atomic mass is 16.3. The van der Waals surface area contributed by atoms with E-state index in [1.165, 1.54) is 11.0 Å². The molecular weight excluding hydrogens is 396 g/mol. The third-order valence-corrected chi connectivity index (χ3v) is 6.48. The number of benzene rings is 1. The molecule has 8 nitrogen and oxygen atoms in total. The van der Waals surface area contributed by atoms with E-state index in [1.54, 1.807) is 34.6 Å². The van der Waals surface area contributed by atoms with E-state index in [1.807, 2.05) is 30.3 Å². The monoisotopic (exact) mass is 418 g/mol. The van der Waals surface area contributed by atoms with Gasteiger partial charge in [-0.25, -0.2) is 4.68 Å². The third kappa shape index (κ3) is 3.06. The number of carbonyl (C=O) groups is 2. The maximum Gasteiger partial charge on any atom is 0.291 e. The number of hydrogen-bond donors (Lipinski definition) is 0. The van der Waals surface area contributed by atoms with Gasteiger partial charge >= 0.3 is 0 Å². The smallest absolute Gasteiger partial charge is 0.291 e. The van der Waals surface area contributed by atoms with Crippen LogP contribution in [0.25, 0.3) is 16.6 Å². The van der Waals surface area contributed by atoms with E-state index >= 15 is 0 Å². The fourth-order valence-corrected chi connectivity index (χ4v) is 4.61. The summed E-state index contributed by atoms with van der Waals surface area (Å²) in [7, 11) is 0. The zero-order valence-corrected chi connectivity index (χ0v) is 17.2. The molecule has 0 radical (unpaired) electrons. The molecule has 158 valence electrons. The molecule has 31 heavy (non-hydrogen) atoms. The van der Waals surface area contributed by atoms with Gasteiger partial charge in [0.25, 0.3) is 5.56 Å². The van der Waals surface area contributed by atoms with Crippen molar-refractivity contribution in [3.8, 4) is 0 Å². The lowest BCUT2D eigenvalue weighted by Gasteiger charge is -2.40. The second kappa shape index (κ2) is 7.23. The zero-order valence-electron chi connectivity index (χ0n) is 17.2. The van der Waals surface area contributed by atoms with Gasteiger partial charge in [0.15, 0.2) is 5.58 Å². The second-order valence-corrected chi connectivity index (χ2v) is 8.05. The standard InChI is InChI=1S/C23H22N4O4/c1-16(28)23(17-5-3-2-4-6-17)8-10-25(11-9-23)21(29)14-27-22(30)19-13-20-18(7-12-31-20)26(19)15-24-27/h2-7,12-13,15H,8-11,14H2,1H3. The molecule has 1 aliphatic rings. The van der Waals surface area contributed by atoms with Crippen LogP contribution in [0.5, 0.6) is 0 Å². The quantitative estimate of drug-likeness (QED) is 0.508. The van der Waals surface area contributed by atoms with Crippen LogP contribution in [0.1, 0.15) is 25.3 Å². The van der Waals surface area contributed by atoms with E-state index in [-0.39, 0.29) is 23.8 Å². The summed E-state index contributed by atoms with van der Waals surface area (Å²) in [5, 5.41) is 4.17. The lowest BCUT2D eigenvalue weighted by molar-refractivity contribution is -0.136. The molecule has 3 aromatic heterocycles. The first kappa shape index (κ1) is 19.3. The van der Waals surface area contributed by atoms with Crippen molar-refractivity contribution in [1.82, 2.24) is 19.1 Å². The van der Waals surface area contributed by atoms with Gasteiger partial charge in [0.2, 0.25) is 5.91 Å². The molecule has 1 saturated heterocycles. The molecule has 0 N–H and O–H groups in total. The number of Topliss-reactive ketones (excluding diaryl/α,β-unsaturated/α-hetero) is 1. The minimum Gasteiger partial charge on any atom is -0.463 e. The molecule has 4 heterocycles. The van der Waals surface area contributed by atoms with Gasteiger partial charge in [-0.05, 0) is 25.3 Å². The summed E-state index contributed by atoms with van der Waals surface area (Å²) < 4.78 is 8.19. The Kier molecular flexibility index (Phi) is 4.50. The summed E-state index contributed by atoms with van der Waals surface area (Å²) in [5.41, 5.74) is 1.86. The number of aromatic nitrogens is 3. The Balaban J connectivity index is 1.34. The normalized spacial score (nSPS) is 16.1. The average molecular weight is 418 g/mol. The number of likely N-dealkylation sites (tertiary alicyclic amines) is 1. The minimum atomic E-state index is -0.563. The Morgan fingerprint density at radius 1 is 1.10 bits per heavy atom. The van der Waals surface area contributed by atoms with Gasteiger partial charge in [-0.3, -0.25) is 18.8 Å². The molecule has 0 atom stereocenters. The van der Waals surface area contributed by atoms with Gasteiger partial charge in [0.1, 0.15) is 24.2 Å². The fourth-order valence-electron chi connectivity index (χ4n) is 4.61. The fraction of sp³-hybridized carbons (Fsp3) is 0.304. The summed E-state index contributed by atoms with van der Waals surface area (Å²) in [6.45, 7) is 2.40. The topological polar surface area (TPSA) is 89.8 Å².